The van der Waals surface area contributed by atoms with E-state index < -0.39 is 11.9 Å². The van der Waals surface area contributed by atoms with Crippen LogP contribution in [0, 0.1) is 0 Å². The minimum atomic E-state index is -1.29. The third kappa shape index (κ3) is 3.90. The van der Waals surface area contributed by atoms with E-state index in [0.29, 0.717) is 23.6 Å². The predicted molar refractivity (Wildman–Crippen MR) is 100 cm³/mol. The van der Waals surface area contributed by atoms with Crippen LogP contribution in [0.5, 0.6) is 0 Å². The minimum absolute atomic E-state index is 0.0590. The Kier molecular flexibility index (Phi) is 5.21. The largest absolute Gasteiger partial charge is 0.476 e. The van der Waals surface area contributed by atoms with Crippen molar-refractivity contribution in [2.24, 2.45) is 7.05 Å². The van der Waals surface area contributed by atoms with Gasteiger partial charge < -0.3 is 15.7 Å². The molecule has 144 valence electrons. The zero-order valence-corrected chi connectivity index (χ0v) is 15.2. The molecule has 0 fully saturated rings. The highest BCUT2D eigenvalue weighted by Crippen LogP contribution is 2.18. The van der Waals surface area contributed by atoms with Crippen molar-refractivity contribution < 1.29 is 19.5 Å². The summed E-state index contributed by atoms with van der Waals surface area (Å²) in [6.07, 6.45) is 2.87. The molecule has 10 nitrogen and oxygen atoms in total. The van der Waals surface area contributed by atoms with Gasteiger partial charge in [-0.3, -0.25) is 19.0 Å². The number of carboxylic acid groups (broad SMARTS) is 1. The van der Waals surface area contributed by atoms with E-state index in [2.05, 4.69) is 20.8 Å². The van der Waals surface area contributed by atoms with Crippen LogP contribution in [0.3, 0.4) is 0 Å². The van der Waals surface area contributed by atoms with Crippen LogP contribution in [0.25, 0.3) is 0 Å². The third-order valence-corrected chi connectivity index (χ3v) is 3.90. The van der Waals surface area contributed by atoms with E-state index in [-0.39, 0.29) is 17.2 Å². The Labute approximate surface area is 159 Å². The Morgan fingerprint density at radius 1 is 1.11 bits per heavy atom. The molecular weight excluding hydrogens is 364 g/mol. The number of amides is 2. The number of aromatic nitrogens is 4. The first-order valence-electron chi connectivity index (χ1n) is 8.40. The van der Waals surface area contributed by atoms with Crippen molar-refractivity contribution in [2.75, 3.05) is 10.6 Å². The molecule has 0 radical (unpaired) electrons. The fourth-order valence-electron chi connectivity index (χ4n) is 2.66. The second kappa shape index (κ2) is 7.74. The number of hydrogen-bond acceptors (Lipinski definition) is 5. The monoisotopic (exact) mass is 382 g/mol. The van der Waals surface area contributed by atoms with Gasteiger partial charge in [-0.25, -0.2) is 4.79 Å². The predicted octanol–water partition coefficient (Wildman–Crippen LogP) is 1.84. The number of aromatic carboxylic acids is 1. The highest BCUT2D eigenvalue weighted by Gasteiger charge is 2.21. The molecule has 3 aromatic rings. The molecule has 0 aliphatic carbocycles. The van der Waals surface area contributed by atoms with Gasteiger partial charge in [0.15, 0.2) is 5.69 Å². The Morgan fingerprint density at radius 3 is 2.43 bits per heavy atom. The first kappa shape index (κ1) is 18.8. The Bertz CT molecular complexity index is 1050. The molecule has 2 aromatic heterocycles. The molecule has 1 aromatic carbocycles. The summed E-state index contributed by atoms with van der Waals surface area (Å²) in [6.45, 7) is 2.44. The van der Waals surface area contributed by atoms with Gasteiger partial charge in [-0.2, -0.15) is 10.2 Å². The van der Waals surface area contributed by atoms with Crippen molar-refractivity contribution >= 4 is 29.2 Å². The molecule has 28 heavy (non-hydrogen) atoms. The first-order valence-corrected chi connectivity index (χ1v) is 8.40. The van der Waals surface area contributed by atoms with Crippen molar-refractivity contribution in [1.29, 1.82) is 0 Å². The zero-order chi connectivity index (χ0) is 20.3. The van der Waals surface area contributed by atoms with Crippen LogP contribution in [0.1, 0.15) is 38.3 Å². The second-order valence-electron chi connectivity index (χ2n) is 5.89. The van der Waals surface area contributed by atoms with Gasteiger partial charge in [-0.1, -0.05) is 6.07 Å². The van der Waals surface area contributed by atoms with E-state index in [1.165, 1.54) is 17.9 Å². The molecule has 0 saturated carbocycles. The van der Waals surface area contributed by atoms with Crippen molar-refractivity contribution in [2.45, 2.75) is 13.5 Å². The number of rotatable bonds is 6. The average Bonchev–Trinajstić information content (AvgIpc) is 3.28. The molecule has 0 atom stereocenters. The van der Waals surface area contributed by atoms with E-state index in [9.17, 15) is 14.4 Å². The van der Waals surface area contributed by atoms with E-state index >= 15 is 0 Å². The number of benzene rings is 1. The van der Waals surface area contributed by atoms with Gasteiger partial charge in [0.2, 0.25) is 0 Å². The summed E-state index contributed by atoms with van der Waals surface area (Å²) in [7, 11) is 1.53. The molecule has 0 spiro atoms. The van der Waals surface area contributed by atoms with Crippen LogP contribution in [0.2, 0.25) is 0 Å². The van der Waals surface area contributed by atoms with Crippen LogP contribution in [0.4, 0.5) is 11.4 Å². The lowest BCUT2D eigenvalue weighted by Crippen LogP contribution is -2.18. The molecule has 0 aliphatic rings. The quantitative estimate of drug-likeness (QED) is 0.596. The van der Waals surface area contributed by atoms with Crippen molar-refractivity contribution in [3.8, 4) is 0 Å². The average molecular weight is 382 g/mol. The van der Waals surface area contributed by atoms with Crippen molar-refractivity contribution in [3.63, 3.8) is 0 Å². The summed E-state index contributed by atoms with van der Waals surface area (Å²) in [4.78, 5) is 36.0. The number of nitrogens with zero attached hydrogens (tertiary/aromatic N) is 4. The van der Waals surface area contributed by atoms with Gasteiger partial charge in [-0.15, -0.1) is 0 Å². The van der Waals surface area contributed by atoms with Crippen molar-refractivity contribution in [1.82, 2.24) is 19.6 Å². The minimum Gasteiger partial charge on any atom is -0.476 e. The number of hydrogen-bond donors (Lipinski definition) is 3. The topological polar surface area (TPSA) is 131 Å². The molecule has 10 heteroatoms. The lowest BCUT2D eigenvalue weighted by Gasteiger charge is -2.09. The highest BCUT2D eigenvalue weighted by molar-refractivity contribution is 6.10. The van der Waals surface area contributed by atoms with Crippen LogP contribution in [0.15, 0.2) is 42.7 Å². The number of carboxylic acids is 1. The summed E-state index contributed by atoms with van der Waals surface area (Å²) in [5, 5.41) is 22.3. The summed E-state index contributed by atoms with van der Waals surface area (Å²) < 4.78 is 2.82. The first-order chi connectivity index (χ1) is 13.4. The maximum Gasteiger partial charge on any atom is 0.357 e. The molecule has 3 N–H and O–H groups in total. The molecule has 0 bridgehead atoms. The van der Waals surface area contributed by atoms with Crippen LogP contribution in [-0.2, 0) is 13.6 Å². The lowest BCUT2D eigenvalue weighted by atomic mass is 10.2. The molecule has 0 aliphatic heterocycles. The summed E-state index contributed by atoms with van der Waals surface area (Å²) >= 11 is 0. The Morgan fingerprint density at radius 2 is 1.79 bits per heavy atom. The zero-order valence-electron chi connectivity index (χ0n) is 15.2. The highest BCUT2D eigenvalue weighted by atomic mass is 16.4. The molecule has 2 heterocycles. The number of anilines is 2. The molecular formula is C18H18N6O4. The second-order valence-corrected chi connectivity index (χ2v) is 5.89. The van der Waals surface area contributed by atoms with E-state index in [0.717, 1.165) is 0 Å². The summed E-state index contributed by atoms with van der Waals surface area (Å²) in [6, 6.07) is 8.14. The summed E-state index contributed by atoms with van der Waals surface area (Å²) in [5.74, 6) is -2.24. The van der Waals surface area contributed by atoms with Gasteiger partial charge in [0, 0.05) is 37.4 Å². The number of aryl methyl sites for hydroxylation is 2. The standard InChI is InChI=1S/C18H18N6O4/c1-3-24-14(7-8-19-24)17(26)21-12-6-4-5-11(9-12)20-16(25)13-10-23(2)22-15(13)18(27)28/h4-10H,3H2,1-2H3,(H,20,25)(H,21,26)(H,27,28). The molecule has 3 rings (SSSR count). The fraction of sp³-hybridized carbons (Fsp3) is 0.167. The van der Waals surface area contributed by atoms with Crippen molar-refractivity contribution in [3.05, 3.63) is 59.7 Å². The van der Waals surface area contributed by atoms with Gasteiger partial charge >= 0.3 is 5.97 Å². The maximum absolute atomic E-state index is 12.4. The van der Waals surface area contributed by atoms with Crippen LogP contribution in [-0.4, -0.2) is 42.5 Å². The fourth-order valence-corrected chi connectivity index (χ4v) is 2.66. The van der Waals surface area contributed by atoms with Crippen LogP contribution >= 0.6 is 0 Å². The van der Waals surface area contributed by atoms with Gasteiger partial charge in [0.05, 0.1) is 5.56 Å². The van der Waals surface area contributed by atoms with Crippen LogP contribution < -0.4 is 10.6 Å². The molecule has 2 amide bonds. The number of carbonyl (C=O) groups excluding carboxylic acids is 2. The van der Waals surface area contributed by atoms with E-state index in [1.54, 1.807) is 41.2 Å². The summed E-state index contributed by atoms with van der Waals surface area (Å²) in [5.41, 5.74) is 0.884. The third-order valence-electron chi connectivity index (χ3n) is 3.90. The SMILES string of the molecule is CCn1nccc1C(=O)Nc1cccc(NC(=O)c2cn(C)nc2C(=O)O)c1. The van der Waals surface area contributed by atoms with Gasteiger partial charge in [-0.05, 0) is 31.2 Å². The van der Waals surface area contributed by atoms with E-state index in [4.69, 9.17) is 5.11 Å². The van der Waals surface area contributed by atoms with Gasteiger partial charge in [0.25, 0.3) is 11.8 Å². The molecule has 0 unspecified atom stereocenters. The Hall–Kier alpha value is -3.95. The van der Waals surface area contributed by atoms with E-state index in [1.807, 2.05) is 6.92 Å². The Balaban J connectivity index is 1.76. The van der Waals surface area contributed by atoms with Gasteiger partial charge in [0.1, 0.15) is 5.69 Å². The maximum atomic E-state index is 12.4. The smallest absolute Gasteiger partial charge is 0.357 e. The molecule has 0 saturated heterocycles. The normalized spacial score (nSPS) is 10.5. The lowest BCUT2D eigenvalue weighted by molar-refractivity contribution is 0.0685. The number of nitrogens with one attached hydrogen (secondary N) is 2. The number of carbonyl (C=O) groups is 3.